The summed E-state index contributed by atoms with van der Waals surface area (Å²) in [5.74, 6) is 0.530. The monoisotopic (exact) mass is 294 g/mol. The molecular formula is C13H16F2N6. The number of anilines is 1. The largest absolute Gasteiger partial charge is 0.375 e. The number of alkyl halides is 2. The molecule has 2 aromatic heterocycles. The quantitative estimate of drug-likeness (QED) is 0.885. The highest BCUT2D eigenvalue weighted by Crippen LogP contribution is 2.20. The van der Waals surface area contributed by atoms with Gasteiger partial charge in [-0.3, -0.25) is 4.68 Å². The van der Waals surface area contributed by atoms with Crippen LogP contribution in [-0.2, 0) is 19.6 Å². The van der Waals surface area contributed by atoms with E-state index in [1.165, 1.54) is 17.0 Å². The van der Waals surface area contributed by atoms with Crippen molar-refractivity contribution in [1.29, 1.82) is 5.26 Å². The van der Waals surface area contributed by atoms with Gasteiger partial charge in [-0.2, -0.15) is 10.4 Å². The van der Waals surface area contributed by atoms with E-state index in [1.807, 2.05) is 19.9 Å². The second-order valence-electron chi connectivity index (χ2n) is 4.60. The average Bonchev–Trinajstić information content (AvgIpc) is 2.94. The lowest BCUT2D eigenvalue weighted by molar-refractivity contribution is 0.125. The van der Waals surface area contributed by atoms with E-state index in [4.69, 9.17) is 5.26 Å². The highest BCUT2D eigenvalue weighted by molar-refractivity contribution is 5.52. The summed E-state index contributed by atoms with van der Waals surface area (Å²) >= 11 is 0. The van der Waals surface area contributed by atoms with Crippen LogP contribution in [-0.4, -0.2) is 25.8 Å². The van der Waals surface area contributed by atoms with Crippen molar-refractivity contribution in [3.05, 3.63) is 29.6 Å². The van der Waals surface area contributed by atoms with E-state index in [0.29, 0.717) is 12.4 Å². The van der Waals surface area contributed by atoms with Crippen molar-refractivity contribution >= 4 is 5.69 Å². The Morgan fingerprint density at radius 2 is 2.19 bits per heavy atom. The Bertz CT molecular complexity index is 652. The van der Waals surface area contributed by atoms with Gasteiger partial charge in [0.15, 0.2) is 0 Å². The summed E-state index contributed by atoms with van der Waals surface area (Å²) in [7, 11) is 0. The van der Waals surface area contributed by atoms with E-state index in [-0.39, 0.29) is 13.1 Å². The van der Waals surface area contributed by atoms with Crippen molar-refractivity contribution < 1.29 is 8.78 Å². The van der Waals surface area contributed by atoms with E-state index < -0.39 is 6.43 Å². The van der Waals surface area contributed by atoms with Crippen molar-refractivity contribution in [2.24, 2.45) is 0 Å². The molecule has 0 radical (unpaired) electrons. The first-order chi connectivity index (χ1) is 10.0. The lowest BCUT2D eigenvalue weighted by Gasteiger charge is -2.09. The number of rotatable bonds is 6. The zero-order valence-corrected chi connectivity index (χ0v) is 11.8. The number of nitrogens with one attached hydrogen (secondary N) is 1. The standard InChI is InChI=1S/C13H16F2N6/c1-9-13(10(2)21(19-9)5-3-16)18-7-12-17-4-6-20(12)8-11(14)15/h4,6,11,18H,5,7-8H2,1-2H3. The van der Waals surface area contributed by atoms with E-state index in [2.05, 4.69) is 15.4 Å². The normalized spacial score (nSPS) is 10.9. The van der Waals surface area contributed by atoms with Crippen LogP contribution in [0.15, 0.2) is 12.4 Å². The lowest BCUT2D eigenvalue weighted by Crippen LogP contribution is -2.13. The van der Waals surface area contributed by atoms with Gasteiger partial charge in [-0.05, 0) is 13.8 Å². The summed E-state index contributed by atoms with van der Waals surface area (Å²) in [5, 5.41) is 16.1. The number of nitriles is 1. The topological polar surface area (TPSA) is 71.5 Å². The molecule has 0 aliphatic heterocycles. The minimum absolute atomic E-state index is 0.175. The number of aryl methyl sites for hydroxylation is 1. The first kappa shape index (κ1) is 15.0. The third-order valence-electron chi connectivity index (χ3n) is 3.16. The van der Waals surface area contributed by atoms with Gasteiger partial charge >= 0.3 is 0 Å². The van der Waals surface area contributed by atoms with Gasteiger partial charge in [-0.1, -0.05) is 0 Å². The molecule has 8 heteroatoms. The Balaban J connectivity index is 2.10. The summed E-state index contributed by atoms with van der Waals surface area (Å²) in [6.07, 6.45) is 0.611. The predicted octanol–water partition coefficient (Wildman–Crippen LogP) is 2.10. The van der Waals surface area contributed by atoms with Crippen LogP contribution in [0.25, 0.3) is 0 Å². The molecular weight excluding hydrogens is 278 g/mol. The Kier molecular flexibility index (Phi) is 4.52. The highest BCUT2D eigenvalue weighted by Gasteiger charge is 2.13. The van der Waals surface area contributed by atoms with Crippen LogP contribution in [0.5, 0.6) is 0 Å². The zero-order chi connectivity index (χ0) is 15.4. The van der Waals surface area contributed by atoms with Crippen molar-refractivity contribution in [3.63, 3.8) is 0 Å². The Morgan fingerprint density at radius 3 is 2.86 bits per heavy atom. The maximum atomic E-state index is 12.4. The van der Waals surface area contributed by atoms with Gasteiger partial charge in [-0.15, -0.1) is 0 Å². The summed E-state index contributed by atoms with van der Waals surface area (Å²) in [5.41, 5.74) is 2.40. The van der Waals surface area contributed by atoms with Crippen molar-refractivity contribution in [2.75, 3.05) is 5.32 Å². The molecule has 0 spiro atoms. The van der Waals surface area contributed by atoms with Gasteiger partial charge in [-0.25, -0.2) is 13.8 Å². The fourth-order valence-corrected chi connectivity index (χ4v) is 2.16. The molecule has 0 saturated carbocycles. The third-order valence-corrected chi connectivity index (χ3v) is 3.16. The van der Waals surface area contributed by atoms with Crippen LogP contribution in [0.3, 0.4) is 0 Å². The summed E-state index contributed by atoms with van der Waals surface area (Å²) in [6, 6.07) is 2.04. The number of halogens is 2. The van der Waals surface area contributed by atoms with Crippen molar-refractivity contribution in [1.82, 2.24) is 19.3 Å². The molecule has 21 heavy (non-hydrogen) atoms. The first-order valence-electron chi connectivity index (χ1n) is 6.46. The molecule has 0 aromatic carbocycles. The molecule has 0 saturated heterocycles. The van der Waals surface area contributed by atoms with E-state index >= 15 is 0 Å². The number of hydrogen-bond donors (Lipinski definition) is 1. The minimum Gasteiger partial charge on any atom is -0.375 e. The van der Waals surface area contributed by atoms with Crippen molar-refractivity contribution in [2.45, 2.75) is 39.9 Å². The molecule has 2 aromatic rings. The van der Waals surface area contributed by atoms with E-state index in [9.17, 15) is 8.78 Å². The van der Waals surface area contributed by atoms with Gasteiger partial charge in [0.1, 0.15) is 12.4 Å². The molecule has 0 fully saturated rings. The fourth-order valence-electron chi connectivity index (χ4n) is 2.16. The molecule has 0 amide bonds. The SMILES string of the molecule is Cc1nn(CC#N)c(C)c1NCc1nccn1CC(F)F. The van der Waals surface area contributed by atoms with Crippen LogP contribution in [0.4, 0.5) is 14.5 Å². The van der Waals surface area contributed by atoms with E-state index in [1.54, 1.807) is 4.68 Å². The van der Waals surface area contributed by atoms with Gasteiger partial charge in [0, 0.05) is 12.4 Å². The van der Waals surface area contributed by atoms with Crippen LogP contribution in [0.2, 0.25) is 0 Å². The van der Waals surface area contributed by atoms with Crippen LogP contribution >= 0.6 is 0 Å². The van der Waals surface area contributed by atoms with Gasteiger partial charge < -0.3 is 9.88 Å². The van der Waals surface area contributed by atoms with Gasteiger partial charge in [0.05, 0.1) is 36.2 Å². The summed E-state index contributed by atoms with van der Waals surface area (Å²) in [4.78, 5) is 4.07. The second-order valence-corrected chi connectivity index (χ2v) is 4.60. The molecule has 112 valence electrons. The smallest absolute Gasteiger partial charge is 0.256 e. The summed E-state index contributed by atoms with van der Waals surface area (Å²) < 4.78 is 27.9. The predicted molar refractivity (Wildman–Crippen MR) is 72.9 cm³/mol. The van der Waals surface area contributed by atoms with E-state index in [0.717, 1.165) is 17.1 Å². The highest BCUT2D eigenvalue weighted by atomic mass is 19.3. The fraction of sp³-hybridized carbons (Fsp3) is 0.462. The maximum absolute atomic E-state index is 12.4. The maximum Gasteiger partial charge on any atom is 0.256 e. The molecule has 2 rings (SSSR count). The molecule has 2 heterocycles. The Morgan fingerprint density at radius 1 is 1.43 bits per heavy atom. The number of hydrogen-bond acceptors (Lipinski definition) is 4. The number of aromatic nitrogens is 4. The number of imidazole rings is 1. The van der Waals surface area contributed by atoms with Gasteiger partial charge in [0.25, 0.3) is 6.43 Å². The lowest BCUT2D eigenvalue weighted by atomic mass is 10.3. The summed E-state index contributed by atoms with van der Waals surface area (Å²) in [6.45, 7) is 3.80. The van der Waals surface area contributed by atoms with Gasteiger partial charge in [0.2, 0.25) is 0 Å². The Hall–Kier alpha value is -2.43. The molecule has 0 aliphatic rings. The third kappa shape index (κ3) is 3.37. The van der Waals surface area contributed by atoms with Crippen LogP contribution in [0.1, 0.15) is 17.2 Å². The molecule has 0 bridgehead atoms. The minimum atomic E-state index is -2.42. The average molecular weight is 294 g/mol. The molecule has 0 unspecified atom stereocenters. The molecule has 0 aliphatic carbocycles. The zero-order valence-electron chi connectivity index (χ0n) is 11.8. The second kappa shape index (κ2) is 6.35. The van der Waals surface area contributed by atoms with Crippen LogP contribution < -0.4 is 5.32 Å². The number of nitrogens with zero attached hydrogens (tertiary/aromatic N) is 5. The molecule has 0 atom stereocenters. The first-order valence-corrected chi connectivity index (χ1v) is 6.46. The molecule has 6 nitrogen and oxygen atoms in total. The Labute approximate surface area is 121 Å². The van der Waals surface area contributed by atoms with Crippen molar-refractivity contribution in [3.8, 4) is 6.07 Å². The van der Waals surface area contributed by atoms with Crippen LogP contribution in [0, 0.1) is 25.2 Å². The molecule has 1 N–H and O–H groups in total.